The fourth-order valence-corrected chi connectivity index (χ4v) is 3.24. The number of nitrogens with one attached hydrogen (secondary N) is 1. The Morgan fingerprint density at radius 2 is 1.52 bits per heavy atom. The molecule has 1 N–H and O–H groups in total. The lowest BCUT2D eigenvalue weighted by atomic mass is 10.1. The van der Waals surface area contributed by atoms with E-state index in [-0.39, 0.29) is 5.91 Å². The van der Waals surface area contributed by atoms with Crippen LogP contribution in [0, 0.1) is 13.8 Å². The monoisotopic (exact) mass is 401 g/mol. The molecule has 4 nitrogen and oxygen atoms in total. The number of aromatic nitrogens is 2. The van der Waals surface area contributed by atoms with E-state index >= 15 is 0 Å². The van der Waals surface area contributed by atoms with Gasteiger partial charge in [-0.2, -0.15) is 5.10 Å². The minimum atomic E-state index is -0.308. The van der Waals surface area contributed by atoms with Crippen molar-refractivity contribution < 1.29 is 4.79 Å². The molecule has 0 bridgehead atoms. The van der Waals surface area contributed by atoms with Crippen molar-refractivity contribution in [3.05, 3.63) is 101 Å². The number of nitrogens with zero attached hydrogens (tertiary/aromatic N) is 2. The minimum absolute atomic E-state index is 0.308. The molecule has 0 saturated carbocycles. The van der Waals surface area contributed by atoms with Gasteiger partial charge in [-0.15, -0.1) is 0 Å². The zero-order valence-electron chi connectivity index (χ0n) is 16.2. The lowest BCUT2D eigenvalue weighted by molar-refractivity contribution is 0.102. The molecule has 0 saturated heterocycles. The quantitative estimate of drug-likeness (QED) is 0.451. The number of rotatable bonds is 4. The highest BCUT2D eigenvalue weighted by molar-refractivity contribution is 6.33. The molecule has 29 heavy (non-hydrogen) atoms. The lowest BCUT2D eigenvalue weighted by Crippen LogP contribution is -2.13. The van der Waals surface area contributed by atoms with E-state index in [2.05, 4.69) is 10.4 Å². The highest BCUT2D eigenvalue weighted by Crippen LogP contribution is 2.26. The van der Waals surface area contributed by atoms with Crippen molar-refractivity contribution in [3.8, 4) is 16.9 Å². The second-order valence-corrected chi connectivity index (χ2v) is 7.37. The van der Waals surface area contributed by atoms with E-state index < -0.39 is 0 Å². The predicted octanol–water partition coefficient (Wildman–Crippen LogP) is 6.06. The number of anilines is 1. The molecule has 3 aromatic carbocycles. The first-order chi connectivity index (χ1) is 14.0. The fraction of sp³-hybridized carbons (Fsp3) is 0.0833. The molecule has 0 fully saturated rings. The molecule has 0 aliphatic carbocycles. The predicted molar refractivity (Wildman–Crippen MR) is 118 cm³/mol. The smallest absolute Gasteiger partial charge is 0.276 e. The third-order valence-corrected chi connectivity index (χ3v) is 5.02. The van der Waals surface area contributed by atoms with Crippen LogP contribution in [0.4, 0.5) is 5.69 Å². The topological polar surface area (TPSA) is 46.9 Å². The van der Waals surface area contributed by atoms with Crippen LogP contribution in [0.2, 0.25) is 5.02 Å². The van der Waals surface area contributed by atoms with Crippen LogP contribution in [0.25, 0.3) is 16.9 Å². The first-order valence-electron chi connectivity index (χ1n) is 9.31. The summed E-state index contributed by atoms with van der Waals surface area (Å²) < 4.78 is 1.80. The van der Waals surface area contributed by atoms with Gasteiger partial charge in [-0.25, -0.2) is 4.68 Å². The third kappa shape index (κ3) is 4.08. The number of aryl methyl sites for hydroxylation is 2. The summed E-state index contributed by atoms with van der Waals surface area (Å²) in [5, 5.41) is 7.92. The molecule has 0 unspecified atom stereocenters. The highest BCUT2D eigenvalue weighted by Gasteiger charge is 2.17. The Kier molecular flexibility index (Phi) is 5.19. The van der Waals surface area contributed by atoms with E-state index in [4.69, 9.17) is 11.6 Å². The van der Waals surface area contributed by atoms with Gasteiger partial charge in [0.15, 0.2) is 5.69 Å². The van der Waals surface area contributed by atoms with Crippen molar-refractivity contribution >= 4 is 23.2 Å². The maximum absolute atomic E-state index is 12.9. The van der Waals surface area contributed by atoms with Crippen LogP contribution in [0.3, 0.4) is 0 Å². The molecule has 1 aromatic heterocycles. The Bertz CT molecular complexity index is 1100. The Labute approximate surface area is 174 Å². The first-order valence-corrected chi connectivity index (χ1v) is 9.69. The number of benzene rings is 3. The Balaban J connectivity index is 1.76. The van der Waals surface area contributed by atoms with Crippen LogP contribution in [-0.2, 0) is 0 Å². The zero-order chi connectivity index (χ0) is 20.4. The van der Waals surface area contributed by atoms with Gasteiger partial charge in [0, 0.05) is 5.56 Å². The lowest BCUT2D eigenvalue weighted by Gasteiger charge is -2.08. The molecule has 1 amide bonds. The number of hydrogen-bond acceptors (Lipinski definition) is 2. The zero-order valence-corrected chi connectivity index (χ0v) is 16.9. The summed E-state index contributed by atoms with van der Waals surface area (Å²) in [7, 11) is 0. The van der Waals surface area contributed by atoms with Crippen LogP contribution in [0.1, 0.15) is 21.6 Å². The minimum Gasteiger partial charge on any atom is -0.319 e. The molecule has 5 heteroatoms. The molecule has 0 radical (unpaired) electrons. The number of carbonyl (C=O) groups excluding carboxylic acids is 1. The number of halogens is 1. The number of amides is 1. The van der Waals surface area contributed by atoms with E-state index in [0.717, 1.165) is 22.5 Å². The number of hydrogen-bond donors (Lipinski definition) is 1. The SMILES string of the molecule is Cc1ccc(-c2cc(C(=O)Nc3ccccc3Cl)nn2-c2ccc(C)cc2)cc1. The summed E-state index contributed by atoms with van der Waals surface area (Å²) in [5.41, 5.74) is 5.94. The standard InChI is InChI=1S/C24H20ClN3O/c1-16-7-11-18(12-8-16)23-15-22(24(29)26-21-6-4-3-5-20(21)25)27-28(23)19-13-9-17(2)10-14-19/h3-15H,1-2H3,(H,26,29). The van der Waals surface area contributed by atoms with Crippen molar-refractivity contribution in [1.29, 1.82) is 0 Å². The van der Waals surface area contributed by atoms with Crippen molar-refractivity contribution in [3.63, 3.8) is 0 Å². The van der Waals surface area contributed by atoms with Gasteiger partial charge in [0.1, 0.15) is 0 Å². The molecule has 4 rings (SSSR count). The number of carbonyl (C=O) groups is 1. The summed E-state index contributed by atoms with van der Waals surface area (Å²) in [4.78, 5) is 12.9. The van der Waals surface area contributed by atoms with Gasteiger partial charge in [-0.1, -0.05) is 71.3 Å². The Hall–Kier alpha value is -3.37. The van der Waals surface area contributed by atoms with Gasteiger partial charge >= 0.3 is 0 Å². The molecule has 0 aliphatic rings. The average molecular weight is 402 g/mol. The Morgan fingerprint density at radius 3 is 2.17 bits per heavy atom. The molecule has 0 atom stereocenters. The van der Waals surface area contributed by atoms with Gasteiger partial charge in [-0.05, 0) is 44.2 Å². The normalized spacial score (nSPS) is 10.7. The van der Waals surface area contributed by atoms with Gasteiger partial charge in [-0.3, -0.25) is 4.79 Å². The second-order valence-electron chi connectivity index (χ2n) is 6.96. The fourth-order valence-electron chi connectivity index (χ4n) is 3.05. The molecule has 0 spiro atoms. The summed E-state index contributed by atoms with van der Waals surface area (Å²) in [5.74, 6) is -0.308. The van der Waals surface area contributed by atoms with E-state index in [9.17, 15) is 4.79 Å². The van der Waals surface area contributed by atoms with E-state index in [1.165, 1.54) is 5.56 Å². The van der Waals surface area contributed by atoms with E-state index in [0.29, 0.717) is 16.4 Å². The maximum atomic E-state index is 12.9. The average Bonchev–Trinajstić information content (AvgIpc) is 3.16. The molecule has 1 heterocycles. The summed E-state index contributed by atoms with van der Waals surface area (Å²) in [6.45, 7) is 4.08. The molecule has 144 valence electrons. The Morgan fingerprint density at radius 1 is 0.897 bits per heavy atom. The first kappa shape index (κ1) is 19.0. The third-order valence-electron chi connectivity index (χ3n) is 4.69. The summed E-state index contributed by atoms with van der Waals surface area (Å²) in [6, 6.07) is 25.2. The van der Waals surface area contributed by atoms with Gasteiger partial charge in [0.05, 0.1) is 22.1 Å². The maximum Gasteiger partial charge on any atom is 0.276 e. The van der Waals surface area contributed by atoms with Crippen LogP contribution in [0.15, 0.2) is 78.9 Å². The summed E-state index contributed by atoms with van der Waals surface area (Å²) in [6.07, 6.45) is 0. The van der Waals surface area contributed by atoms with Crippen LogP contribution in [0.5, 0.6) is 0 Å². The van der Waals surface area contributed by atoms with Crippen molar-refractivity contribution in [2.75, 3.05) is 5.32 Å². The van der Waals surface area contributed by atoms with Crippen molar-refractivity contribution in [1.82, 2.24) is 9.78 Å². The van der Waals surface area contributed by atoms with Crippen molar-refractivity contribution in [2.45, 2.75) is 13.8 Å². The second kappa shape index (κ2) is 7.94. The molecule has 4 aromatic rings. The van der Waals surface area contributed by atoms with Crippen molar-refractivity contribution in [2.24, 2.45) is 0 Å². The van der Waals surface area contributed by atoms with Gasteiger partial charge in [0.25, 0.3) is 5.91 Å². The van der Waals surface area contributed by atoms with Gasteiger partial charge in [0.2, 0.25) is 0 Å². The largest absolute Gasteiger partial charge is 0.319 e. The molecular formula is C24H20ClN3O. The van der Waals surface area contributed by atoms with Crippen LogP contribution in [-0.4, -0.2) is 15.7 Å². The van der Waals surface area contributed by atoms with Crippen LogP contribution < -0.4 is 5.32 Å². The van der Waals surface area contributed by atoms with Gasteiger partial charge < -0.3 is 5.32 Å². The molecule has 0 aliphatic heterocycles. The number of para-hydroxylation sites is 1. The molecular weight excluding hydrogens is 382 g/mol. The van der Waals surface area contributed by atoms with Crippen LogP contribution >= 0.6 is 11.6 Å². The van der Waals surface area contributed by atoms with E-state index in [1.807, 2.05) is 74.5 Å². The summed E-state index contributed by atoms with van der Waals surface area (Å²) >= 11 is 6.17. The van der Waals surface area contributed by atoms with E-state index in [1.54, 1.807) is 22.9 Å². The highest BCUT2D eigenvalue weighted by atomic mass is 35.5.